The molecule has 21 heavy (non-hydrogen) atoms. The largest absolute Gasteiger partial charge is 0.489 e. The van der Waals surface area contributed by atoms with E-state index in [0.29, 0.717) is 11.4 Å². The Labute approximate surface area is 126 Å². The Morgan fingerprint density at radius 2 is 1.95 bits per heavy atom. The average molecular weight is 314 g/mol. The van der Waals surface area contributed by atoms with Gasteiger partial charge >= 0.3 is 0 Å². The van der Waals surface area contributed by atoms with Crippen molar-refractivity contribution in [1.29, 1.82) is 0 Å². The molecule has 0 aliphatic carbocycles. The van der Waals surface area contributed by atoms with Crippen LogP contribution in [0.3, 0.4) is 0 Å². The molecule has 118 valence electrons. The van der Waals surface area contributed by atoms with Crippen LogP contribution in [0, 0.1) is 0 Å². The molecule has 0 aliphatic rings. The van der Waals surface area contributed by atoms with Crippen molar-refractivity contribution in [2.75, 3.05) is 23.7 Å². The summed E-state index contributed by atoms with van der Waals surface area (Å²) in [6, 6.07) is 6.95. The zero-order valence-electron chi connectivity index (χ0n) is 12.8. The highest BCUT2D eigenvalue weighted by atomic mass is 32.2. The number of benzene rings is 1. The van der Waals surface area contributed by atoms with Crippen LogP contribution in [0.1, 0.15) is 20.8 Å². The minimum Gasteiger partial charge on any atom is -0.489 e. The molecule has 0 heterocycles. The summed E-state index contributed by atoms with van der Waals surface area (Å²) in [5.74, 6) is 0.302. The first-order valence-electron chi connectivity index (χ1n) is 6.69. The smallest absolute Gasteiger partial charge is 0.232 e. The third-order valence-corrected chi connectivity index (χ3v) is 3.77. The molecule has 0 fully saturated rings. The standard InChI is InChI=1S/C14H22N2O4S/c1-11(2)20-14-8-6-5-7-13(14)16(21(4,18)19)10-9-15-12(3)17/h5-8,11H,9-10H2,1-4H3,(H,15,17). The Morgan fingerprint density at radius 3 is 2.48 bits per heavy atom. The fourth-order valence-electron chi connectivity index (χ4n) is 1.82. The topological polar surface area (TPSA) is 75.7 Å². The van der Waals surface area contributed by atoms with Gasteiger partial charge in [0.05, 0.1) is 24.6 Å². The molecule has 0 bridgehead atoms. The highest BCUT2D eigenvalue weighted by Gasteiger charge is 2.21. The first-order valence-corrected chi connectivity index (χ1v) is 8.54. The second-order valence-corrected chi connectivity index (χ2v) is 6.86. The van der Waals surface area contributed by atoms with Gasteiger partial charge in [-0.05, 0) is 26.0 Å². The maximum atomic E-state index is 12.0. The number of sulfonamides is 1. The molecule has 0 atom stereocenters. The van der Waals surface area contributed by atoms with E-state index < -0.39 is 10.0 Å². The molecule has 0 aromatic heterocycles. The predicted molar refractivity (Wildman–Crippen MR) is 83.1 cm³/mol. The molecule has 0 spiro atoms. The van der Waals surface area contributed by atoms with Crippen molar-refractivity contribution in [3.63, 3.8) is 0 Å². The summed E-state index contributed by atoms with van der Waals surface area (Å²) in [5.41, 5.74) is 0.471. The van der Waals surface area contributed by atoms with Gasteiger partial charge in [-0.25, -0.2) is 8.42 Å². The fraction of sp³-hybridized carbons (Fsp3) is 0.500. The van der Waals surface area contributed by atoms with E-state index in [-0.39, 0.29) is 25.1 Å². The van der Waals surface area contributed by atoms with E-state index in [9.17, 15) is 13.2 Å². The minimum absolute atomic E-state index is 0.0668. The second kappa shape index (κ2) is 7.31. The molecule has 1 N–H and O–H groups in total. The summed E-state index contributed by atoms with van der Waals surface area (Å²) < 4.78 is 30.9. The molecule has 6 nitrogen and oxygen atoms in total. The van der Waals surface area contributed by atoms with Gasteiger partial charge in [0, 0.05) is 13.5 Å². The summed E-state index contributed by atoms with van der Waals surface area (Å²) in [7, 11) is -3.47. The van der Waals surface area contributed by atoms with Gasteiger partial charge in [0.25, 0.3) is 0 Å². The molecule has 1 aromatic rings. The van der Waals surface area contributed by atoms with E-state index in [4.69, 9.17) is 4.74 Å². The SMILES string of the molecule is CC(=O)NCCN(c1ccccc1OC(C)C)S(C)(=O)=O. The van der Waals surface area contributed by atoms with Crippen molar-refractivity contribution in [3.05, 3.63) is 24.3 Å². The van der Waals surface area contributed by atoms with E-state index >= 15 is 0 Å². The lowest BCUT2D eigenvalue weighted by molar-refractivity contribution is -0.118. The lowest BCUT2D eigenvalue weighted by atomic mass is 10.3. The van der Waals surface area contributed by atoms with E-state index in [1.54, 1.807) is 24.3 Å². The van der Waals surface area contributed by atoms with Crippen LogP contribution in [0.25, 0.3) is 0 Å². The number of hydrogen-bond acceptors (Lipinski definition) is 4. The van der Waals surface area contributed by atoms with Crippen molar-refractivity contribution in [2.45, 2.75) is 26.9 Å². The number of para-hydroxylation sites is 2. The van der Waals surface area contributed by atoms with Gasteiger partial charge in [-0.1, -0.05) is 12.1 Å². The maximum absolute atomic E-state index is 12.0. The summed E-state index contributed by atoms with van der Waals surface area (Å²) in [6.07, 6.45) is 1.07. The van der Waals surface area contributed by atoms with E-state index in [2.05, 4.69) is 5.32 Å². The van der Waals surface area contributed by atoms with E-state index in [0.717, 1.165) is 6.26 Å². The van der Waals surface area contributed by atoms with E-state index in [1.165, 1.54) is 11.2 Å². The van der Waals surface area contributed by atoms with Crippen molar-refractivity contribution < 1.29 is 17.9 Å². The summed E-state index contributed by atoms with van der Waals surface area (Å²) >= 11 is 0. The number of carbonyl (C=O) groups is 1. The van der Waals surface area contributed by atoms with Crippen LogP contribution in [0.4, 0.5) is 5.69 Å². The van der Waals surface area contributed by atoms with Gasteiger partial charge in [-0.2, -0.15) is 0 Å². The Balaban J connectivity index is 3.06. The van der Waals surface area contributed by atoms with Crippen LogP contribution in [0.2, 0.25) is 0 Å². The van der Waals surface area contributed by atoms with Crippen LogP contribution in [-0.2, 0) is 14.8 Å². The molecule has 0 saturated heterocycles. The molecule has 1 amide bonds. The molecule has 0 saturated carbocycles. The molecular formula is C14H22N2O4S. The van der Waals surface area contributed by atoms with Crippen LogP contribution in [0.5, 0.6) is 5.75 Å². The lowest BCUT2D eigenvalue weighted by Gasteiger charge is -2.25. The number of hydrogen-bond donors (Lipinski definition) is 1. The lowest BCUT2D eigenvalue weighted by Crippen LogP contribution is -2.37. The Kier molecular flexibility index (Phi) is 6.02. The van der Waals surface area contributed by atoms with Crippen LogP contribution < -0.4 is 14.4 Å². The quantitative estimate of drug-likeness (QED) is 0.825. The number of carbonyl (C=O) groups excluding carboxylic acids is 1. The third kappa shape index (κ3) is 5.63. The van der Waals surface area contributed by atoms with Crippen LogP contribution in [0.15, 0.2) is 24.3 Å². The fourth-order valence-corrected chi connectivity index (χ4v) is 2.75. The second-order valence-electron chi connectivity index (χ2n) is 4.95. The first kappa shape index (κ1) is 17.3. The number of nitrogens with one attached hydrogen (secondary N) is 1. The number of amides is 1. The number of rotatable bonds is 7. The average Bonchev–Trinajstić information content (AvgIpc) is 2.33. The van der Waals surface area contributed by atoms with Crippen LogP contribution >= 0.6 is 0 Å². The van der Waals surface area contributed by atoms with Gasteiger partial charge in [-0.3, -0.25) is 9.10 Å². The summed E-state index contributed by atoms with van der Waals surface area (Å²) in [4.78, 5) is 10.9. The summed E-state index contributed by atoms with van der Waals surface area (Å²) in [5, 5.41) is 2.59. The number of nitrogens with zero attached hydrogens (tertiary/aromatic N) is 1. The minimum atomic E-state index is -3.47. The zero-order valence-corrected chi connectivity index (χ0v) is 13.6. The number of ether oxygens (including phenoxy) is 1. The zero-order chi connectivity index (χ0) is 16.0. The Bertz CT molecular complexity index is 584. The highest BCUT2D eigenvalue weighted by molar-refractivity contribution is 7.92. The molecule has 0 unspecified atom stereocenters. The highest BCUT2D eigenvalue weighted by Crippen LogP contribution is 2.30. The first-order chi connectivity index (χ1) is 9.71. The van der Waals surface area contributed by atoms with Gasteiger partial charge in [0.2, 0.25) is 15.9 Å². The molecule has 1 rings (SSSR count). The molecule has 7 heteroatoms. The van der Waals surface area contributed by atoms with E-state index in [1.807, 2.05) is 13.8 Å². The van der Waals surface area contributed by atoms with Gasteiger partial charge < -0.3 is 10.1 Å². The maximum Gasteiger partial charge on any atom is 0.232 e. The molecule has 0 radical (unpaired) electrons. The third-order valence-electron chi connectivity index (χ3n) is 2.59. The summed E-state index contributed by atoms with van der Waals surface area (Å²) in [6.45, 7) is 5.52. The Hall–Kier alpha value is -1.76. The van der Waals surface area contributed by atoms with Crippen LogP contribution in [-0.4, -0.2) is 39.8 Å². The predicted octanol–water partition coefficient (Wildman–Crippen LogP) is 1.38. The van der Waals surface area contributed by atoms with Crippen molar-refractivity contribution in [2.24, 2.45) is 0 Å². The van der Waals surface area contributed by atoms with Gasteiger partial charge in [0.1, 0.15) is 5.75 Å². The van der Waals surface area contributed by atoms with Crippen molar-refractivity contribution >= 4 is 21.6 Å². The Morgan fingerprint density at radius 1 is 1.33 bits per heavy atom. The van der Waals surface area contributed by atoms with Gasteiger partial charge in [0.15, 0.2) is 0 Å². The van der Waals surface area contributed by atoms with Gasteiger partial charge in [-0.15, -0.1) is 0 Å². The molecular weight excluding hydrogens is 292 g/mol. The van der Waals surface area contributed by atoms with Crippen molar-refractivity contribution in [3.8, 4) is 5.75 Å². The van der Waals surface area contributed by atoms with Crippen molar-refractivity contribution in [1.82, 2.24) is 5.32 Å². The molecule has 0 aliphatic heterocycles. The monoisotopic (exact) mass is 314 g/mol. The normalized spacial score (nSPS) is 11.3. The molecule has 1 aromatic carbocycles. The number of anilines is 1.